The lowest BCUT2D eigenvalue weighted by Crippen LogP contribution is -2.36. The summed E-state index contributed by atoms with van der Waals surface area (Å²) in [4.78, 5) is 12.0. The van der Waals surface area contributed by atoms with Crippen LogP contribution in [0.5, 0.6) is 5.75 Å². The van der Waals surface area contributed by atoms with Crippen molar-refractivity contribution in [3.63, 3.8) is 0 Å². The van der Waals surface area contributed by atoms with Gasteiger partial charge >= 0.3 is 0 Å². The Balaban J connectivity index is 2.05. The Kier molecular flexibility index (Phi) is 4.78. The van der Waals surface area contributed by atoms with Gasteiger partial charge in [-0.2, -0.15) is 0 Å². The minimum atomic E-state index is -3.00. The third-order valence-corrected chi connectivity index (χ3v) is 5.69. The van der Waals surface area contributed by atoms with E-state index in [1.165, 1.54) is 7.11 Å². The maximum atomic E-state index is 12.0. The summed E-state index contributed by atoms with van der Waals surface area (Å²) in [5.74, 6) is 0.531. The van der Waals surface area contributed by atoms with Gasteiger partial charge in [0.1, 0.15) is 5.75 Å². The molecule has 1 aromatic carbocycles. The van der Waals surface area contributed by atoms with E-state index in [1.54, 1.807) is 12.1 Å². The van der Waals surface area contributed by atoms with Gasteiger partial charge < -0.3 is 10.1 Å². The first kappa shape index (κ1) is 16.1. The summed E-state index contributed by atoms with van der Waals surface area (Å²) in [6.45, 7) is 1.86. The number of benzene rings is 1. The van der Waals surface area contributed by atoms with Crippen LogP contribution >= 0.6 is 11.6 Å². The standard InChI is InChI=1S/C14H18ClNO4S/c1-9-5-13(20-2)10(6-12(9)15)7-14(17)16-11-3-4-21(18,19)8-11/h5-6,11H,3-4,7-8H2,1-2H3,(H,16,17). The summed E-state index contributed by atoms with van der Waals surface area (Å²) in [5.41, 5.74) is 1.56. The van der Waals surface area contributed by atoms with Crippen LogP contribution in [0, 0.1) is 6.92 Å². The molecule has 7 heteroatoms. The molecule has 0 saturated carbocycles. The van der Waals surface area contributed by atoms with Gasteiger partial charge in [-0.25, -0.2) is 8.42 Å². The van der Waals surface area contributed by atoms with Crippen molar-refractivity contribution in [2.75, 3.05) is 18.6 Å². The molecule has 0 aliphatic carbocycles. The van der Waals surface area contributed by atoms with Crippen LogP contribution in [0.25, 0.3) is 0 Å². The van der Waals surface area contributed by atoms with Crippen molar-refractivity contribution in [3.05, 3.63) is 28.3 Å². The third kappa shape index (κ3) is 4.11. The van der Waals surface area contributed by atoms with Crippen molar-refractivity contribution in [2.45, 2.75) is 25.8 Å². The fourth-order valence-electron chi connectivity index (χ4n) is 2.38. The van der Waals surface area contributed by atoms with Gasteiger partial charge in [-0.3, -0.25) is 4.79 Å². The number of carbonyl (C=O) groups is 1. The number of amides is 1. The highest BCUT2D eigenvalue weighted by molar-refractivity contribution is 7.91. The number of nitrogens with one attached hydrogen (secondary N) is 1. The summed E-state index contributed by atoms with van der Waals surface area (Å²) in [6, 6.07) is 3.19. The Labute approximate surface area is 129 Å². The lowest BCUT2D eigenvalue weighted by atomic mass is 10.1. The number of carbonyl (C=O) groups excluding carboxylic acids is 1. The smallest absolute Gasteiger partial charge is 0.224 e. The fourth-order valence-corrected chi connectivity index (χ4v) is 4.24. The van der Waals surface area contributed by atoms with E-state index in [-0.39, 0.29) is 29.9 Å². The summed E-state index contributed by atoms with van der Waals surface area (Å²) in [7, 11) is -1.46. The second kappa shape index (κ2) is 6.23. The second-order valence-electron chi connectivity index (χ2n) is 5.26. The van der Waals surface area contributed by atoms with Crippen LogP contribution in [0.3, 0.4) is 0 Å². The molecule has 1 N–H and O–H groups in total. The van der Waals surface area contributed by atoms with Crippen molar-refractivity contribution in [3.8, 4) is 5.75 Å². The van der Waals surface area contributed by atoms with Gasteiger partial charge in [0, 0.05) is 16.6 Å². The number of sulfone groups is 1. The van der Waals surface area contributed by atoms with Crippen molar-refractivity contribution in [2.24, 2.45) is 0 Å². The summed E-state index contributed by atoms with van der Waals surface area (Å²) in [6.07, 6.45) is 0.583. The number of methoxy groups -OCH3 is 1. The molecule has 116 valence electrons. The SMILES string of the molecule is COc1cc(C)c(Cl)cc1CC(=O)NC1CCS(=O)(=O)C1. The molecule has 0 aromatic heterocycles. The normalized spacial score (nSPS) is 20.2. The number of hydrogen-bond donors (Lipinski definition) is 1. The maximum absolute atomic E-state index is 12.0. The Bertz CT molecular complexity index is 657. The zero-order chi connectivity index (χ0) is 15.6. The number of halogens is 1. The molecule has 5 nitrogen and oxygen atoms in total. The molecule has 1 fully saturated rings. The van der Waals surface area contributed by atoms with E-state index >= 15 is 0 Å². The third-order valence-electron chi connectivity index (χ3n) is 3.51. The Morgan fingerprint density at radius 1 is 1.48 bits per heavy atom. The van der Waals surface area contributed by atoms with Gasteiger partial charge in [-0.15, -0.1) is 0 Å². The molecule has 1 aromatic rings. The van der Waals surface area contributed by atoms with Crippen molar-refractivity contribution in [1.82, 2.24) is 5.32 Å². The average molecular weight is 332 g/mol. The molecule has 1 unspecified atom stereocenters. The molecule has 1 aliphatic heterocycles. The molecule has 0 spiro atoms. The van der Waals surface area contributed by atoms with E-state index in [0.29, 0.717) is 22.8 Å². The first-order valence-electron chi connectivity index (χ1n) is 6.63. The predicted octanol–water partition coefficient (Wildman–Crippen LogP) is 1.50. The zero-order valence-electron chi connectivity index (χ0n) is 12.0. The molecule has 1 saturated heterocycles. The molecule has 1 aliphatic rings. The molecular formula is C14H18ClNO4S. The van der Waals surface area contributed by atoms with E-state index < -0.39 is 9.84 Å². The monoisotopic (exact) mass is 331 g/mol. The number of hydrogen-bond acceptors (Lipinski definition) is 4. The van der Waals surface area contributed by atoms with E-state index in [1.807, 2.05) is 6.92 Å². The van der Waals surface area contributed by atoms with E-state index in [0.717, 1.165) is 5.56 Å². The van der Waals surface area contributed by atoms with E-state index in [4.69, 9.17) is 16.3 Å². The quantitative estimate of drug-likeness (QED) is 0.907. The Morgan fingerprint density at radius 3 is 2.76 bits per heavy atom. The van der Waals surface area contributed by atoms with E-state index in [2.05, 4.69) is 5.32 Å². The summed E-state index contributed by atoms with van der Waals surface area (Å²) >= 11 is 6.07. The Morgan fingerprint density at radius 2 is 2.19 bits per heavy atom. The van der Waals surface area contributed by atoms with Crippen molar-refractivity contribution >= 4 is 27.3 Å². The van der Waals surface area contributed by atoms with Gasteiger partial charge in [0.05, 0.1) is 25.0 Å². The molecule has 1 heterocycles. The van der Waals surface area contributed by atoms with Gasteiger partial charge in [0.15, 0.2) is 9.84 Å². The highest BCUT2D eigenvalue weighted by Crippen LogP contribution is 2.27. The van der Waals surface area contributed by atoms with Crippen LogP contribution in [0.1, 0.15) is 17.5 Å². The van der Waals surface area contributed by atoms with Crippen LogP contribution in [0.4, 0.5) is 0 Å². The second-order valence-corrected chi connectivity index (χ2v) is 7.89. The van der Waals surface area contributed by atoms with Gasteiger partial charge in [0.25, 0.3) is 0 Å². The Hall–Kier alpha value is -1.27. The highest BCUT2D eigenvalue weighted by Gasteiger charge is 2.29. The highest BCUT2D eigenvalue weighted by atomic mass is 35.5. The molecule has 1 amide bonds. The molecular weight excluding hydrogens is 314 g/mol. The minimum absolute atomic E-state index is 0.0184. The van der Waals surface area contributed by atoms with Gasteiger partial charge in [-0.05, 0) is 31.0 Å². The zero-order valence-corrected chi connectivity index (χ0v) is 13.6. The number of rotatable bonds is 4. The van der Waals surface area contributed by atoms with Crippen LogP contribution in [-0.2, 0) is 21.1 Å². The topological polar surface area (TPSA) is 72.5 Å². The molecule has 21 heavy (non-hydrogen) atoms. The van der Waals surface area contributed by atoms with Crippen LogP contribution < -0.4 is 10.1 Å². The van der Waals surface area contributed by atoms with Crippen LogP contribution in [-0.4, -0.2) is 39.0 Å². The fraction of sp³-hybridized carbons (Fsp3) is 0.500. The summed E-state index contributed by atoms with van der Waals surface area (Å²) < 4.78 is 28.0. The number of aryl methyl sites for hydroxylation is 1. The van der Waals surface area contributed by atoms with Crippen molar-refractivity contribution in [1.29, 1.82) is 0 Å². The largest absolute Gasteiger partial charge is 0.496 e. The van der Waals surface area contributed by atoms with Crippen LogP contribution in [0.15, 0.2) is 12.1 Å². The first-order chi connectivity index (χ1) is 9.80. The van der Waals surface area contributed by atoms with Crippen LogP contribution in [0.2, 0.25) is 5.02 Å². The summed E-state index contributed by atoms with van der Waals surface area (Å²) in [5, 5.41) is 3.32. The van der Waals surface area contributed by atoms with Gasteiger partial charge in [0.2, 0.25) is 5.91 Å². The lowest BCUT2D eigenvalue weighted by Gasteiger charge is -2.13. The first-order valence-corrected chi connectivity index (χ1v) is 8.83. The molecule has 0 bridgehead atoms. The average Bonchev–Trinajstić information content (AvgIpc) is 2.72. The molecule has 2 rings (SSSR count). The van der Waals surface area contributed by atoms with E-state index in [9.17, 15) is 13.2 Å². The number of ether oxygens (including phenoxy) is 1. The predicted molar refractivity (Wildman–Crippen MR) is 81.6 cm³/mol. The molecule has 1 atom stereocenters. The maximum Gasteiger partial charge on any atom is 0.224 e. The lowest BCUT2D eigenvalue weighted by molar-refractivity contribution is -0.121. The van der Waals surface area contributed by atoms with Crippen molar-refractivity contribution < 1.29 is 17.9 Å². The van der Waals surface area contributed by atoms with Gasteiger partial charge in [-0.1, -0.05) is 11.6 Å². The molecule has 0 radical (unpaired) electrons. The minimum Gasteiger partial charge on any atom is -0.496 e.